The van der Waals surface area contributed by atoms with Gasteiger partial charge in [-0.15, -0.1) is 0 Å². The summed E-state index contributed by atoms with van der Waals surface area (Å²) in [6, 6.07) is 6.15. The van der Waals surface area contributed by atoms with Gasteiger partial charge in [0.25, 0.3) is 12.3 Å². The number of amides is 2. The molecule has 2 heterocycles. The molecule has 2 unspecified atom stereocenters. The zero-order valence-electron chi connectivity index (χ0n) is 23.3. The van der Waals surface area contributed by atoms with Crippen LogP contribution in [0, 0.1) is 23.2 Å². The second kappa shape index (κ2) is 12.5. The van der Waals surface area contributed by atoms with Gasteiger partial charge in [-0.1, -0.05) is 44.4 Å². The first kappa shape index (κ1) is 29.8. The summed E-state index contributed by atoms with van der Waals surface area (Å²) in [6.07, 6.45) is 2.28. The molecule has 40 heavy (non-hydrogen) atoms. The fourth-order valence-electron chi connectivity index (χ4n) is 4.15. The standard InChI is InChI=1S/C27H29F2N5O3S.C2H6/c1-27(10-11-27)25(36)34(2)16-7-8-17(18(12-16)19-13-20(23(28)29)30-14-21(19)37-3)24(35)31-26-33-32-22(38-26)9-6-15-4-5-15;1-2/h7-8,12-15,22-23,26,32-33H,4-5,10-11H2,1-3H3,(H,31,35);1-2H3. The number of hydrogen-bond acceptors (Lipinski definition) is 7. The number of thioether (sulfide) groups is 1. The summed E-state index contributed by atoms with van der Waals surface area (Å²) in [5, 5.41) is 2.75. The Morgan fingerprint density at radius 1 is 1.18 bits per heavy atom. The maximum absolute atomic E-state index is 13.6. The number of carbonyl (C=O) groups is 2. The molecule has 3 fully saturated rings. The van der Waals surface area contributed by atoms with Crippen LogP contribution in [0.2, 0.25) is 0 Å². The molecular weight excluding hydrogens is 536 g/mol. The van der Waals surface area contributed by atoms with Gasteiger partial charge in [-0.2, -0.15) is 0 Å². The lowest BCUT2D eigenvalue weighted by Gasteiger charge is -2.23. The first-order valence-corrected chi connectivity index (χ1v) is 14.4. The summed E-state index contributed by atoms with van der Waals surface area (Å²) in [6.45, 7) is 5.91. The predicted octanol–water partition coefficient (Wildman–Crippen LogP) is 5.08. The molecule has 0 spiro atoms. The van der Waals surface area contributed by atoms with Gasteiger partial charge in [-0.05, 0) is 49.9 Å². The van der Waals surface area contributed by atoms with Crippen molar-refractivity contribution in [3.8, 4) is 28.7 Å². The molecule has 2 amide bonds. The van der Waals surface area contributed by atoms with Gasteiger partial charge in [0, 0.05) is 40.8 Å². The number of hydrazine groups is 1. The minimum atomic E-state index is -2.81. The van der Waals surface area contributed by atoms with Crippen molar-refractivity contribution in [3.05, 3.63) is 41.7 Å². The van der Waals surface area contributed by atoms with E-state index in [0.29, 0.717) is 17.2 Å². The fourth-order valence-corrected chi connectivity index (χ4v) is 5.01. The van der Waals surface area contributed by atoms with Crippen LogP contribution in [0.1, 0.15) is 68.9 Å². The number of nitrogens with one attached hydrogen (secondary N) is 3. The molecule has 3 aliphatic rings. The number of carbonyl (C=O) groups excluding carboxylic acids is 2. The molecule has 2 saturated carbocycles. The largest absolute Gasteiger partial charge is 0.494 e. The first-order valence-electron chi connectivity index (χ1n) is 13.4. The van der Waals surface area contributed by atoms with E-state index in [0.717, 1.165) is 25.7 Å². The minimum Gasteiger partial charge on any atom is -0.494 e. The van der Waals surface area contributed by atoms with Crippen molar-refractivity contribution in [1.82, 2.24) is 21.2 Å². The number of hydrogen-bond donors (Lipinski definition) is 3. The van der Waals surface area contributed by atoms with Gasteiger partial charge in [-0.3, -0.25) is 14.6 Å². The van der Waals surface area contributed by atoms with Crippen molar-refractivity contribution >= 4 is 29.3 Å². The van der Waals surface area contributed by atoms with Crippen LogP contribution in [0.15, 0.2) is 30.5 Å². The average molecular weight is 572 g/mol. The Morgan fingerprint density at radius 3 is 2.52 bits per heavy atom. The van der Waals surface area contributed by atoms with Gasteiger partial charge in [0.15, 0.2) is 0 Å². The van der Waals surface area contributed by atoms with Gasteiger partial charge in [-0.25, -0.2) is 19.6 Å². The number of ether oxygens (including phenoxy) is 1. The van der Waals surface area contributed by atoms with Crippen LogP contribution in [0.4, 0.5) is 14.5 Å². The Balaban J connectivity index is 0.00000181. The number of halogens is 2. The Bertz CT molecular complexity index is 1320. The molecule has 3 N–H and O–H groups in total. The average Bonchev–Trinajstić information content (AvgIpc) is 3.90. The molecule has 0 radical (unpaired) electrons. The van der Waals surface area contributed by atoms with Crippen LogP contribution in [0.25, 0.3) is 11.1 Å². The van der Waals surface area contributed by atoms with Crippen molar-refractivity contribution < 1.29 is 23.1 Å². The van der Waals surface area contributed by atoms with E-state index in [2.05, 4.69) is 33.0 Å². The Morgan fingerprint density at radius 2 is 1.90 bits per heavy atom. The minimum absolute atomic E-state index is 0.0356. The molecule has 5 rings (SSSR count). The zero-order valence-corrected chi connectivity index (χ0v) is 24.1. The number of alkyl halides is 2. The van der Waals surface area contributed by atoms with E-state index in [4.69, 9.17) is 4.74 Å². The fraction of sp³-hybridized carbons (Fsp3) is 0.483. The van der Waals surface area contributed by atoms with E-state index in [9.17, 15) is 18.4 Å². The Hall–Kier alpha value is -3.20. The topological polar surface area (TPSA) is 95.6 Å². The van der Waals surface area contributed by atoms with E-state index < -0.39 is 28.9 Å². The highest BCUT2D eigenvalue weighted by Gasteiger charge is 2.46. The van der Waals surface area contributed by atoms with E-state index in [-0.39, 0.29) is 28.2 Å². The molecule has 1 aromatic heterocycles. The smallest absolute Gasteiger partial charge is 0.280 e. The number of aromatic nitrogens is 1. The molecular formula is C29H35F2N5O3S. The van der Waals surface area contributed by atoms with Gasteiger partial charge < -0.3 is 15.0 Å². The highest BCUT2D eigenvalue weighted by molar-refractivity contribution is 8.00. The van der Waals surface area contributed by atoms with E-state index in [1.807, 2.05) is 20.8 Å². The lowest BCUT2D eigenvalue weighted by Crippen LogP contribution is -2.43. The maximum atomic E-state index is 13.6. The van der Waals surface area contributed by atoms with Crippen LogP contribution in [-0.4, -0.2) is 41.8 Å². The molecule has 2 aromatic rings. The molecule has 1 saturated heterocycles. The maximum Gasteiger partial charge on any atom is 0.280 e. The van der Waals surface area contributed by atoms with E-state index in [1.165, 1.54) is 31.1 Å². The quantitative estimate of drug-likeness (QED) is 0.399. The number of methoxy groups -OCH3 is 1. The number of benzene rings is 1. The van der Waals surface area contributed by atoms with Gasteiger partial charge in [0.05, 0.1) is 13.3 Å². The molecule has 214 valence electrons. The van der Waals surface area contributed by atoms with Crippen LogP contribution in [0.3, 0.4) is 0 Å². The highest BCUT2D eigenvalue weighted by Crippen LogP contribution is 2.47. The first-order chi connectivity index (χ1) is 19.2. The van der Waals surface area contributed by atoms with Crippen molar-refractivity contribution in [2.75, 3.05) is 19.1 Å². The predicted molar refractivity (Wildman–Crippen MR) is 153 cm³/mol. The van der Waals surface area contributed by atoms with Gasteiger partial charge in [0.2, 0.25) is 5.91 Å². The number of rotatable bonds is 7. The van der Waals surface area contributed by atoms with Crippen molar-refractivity contribution in [2.45, 2.75) is 63.8 Å². The lowest BCUT2D eigenvalue weighted by molar-refractivity contribution is -0.122. The second-order valence-corrected chi connectivity index (χ2v) is 11.2. The normalized spacial score (nSPS) is 20.5. The third-order valence-electron chi connectivity index (χ3n) is 6.95. The second-order valence-electron chi connectivity index (χ2n) is 9.99. The third-order valence-corrected chi connectivity index (χ3v) is 7.97. The van der Waals surface area contributed by atoms with Crippen LogP contribution in [0.5, 0.6) is 5.75 Å². The number of anilines is 1. The molecule has 1 aliphatic heterocycles. The summed E-state index contributed by atoms with van der Waals surface area (Å²) >= 11 is 1.43. The summed E-state index contributed by atoms with van der Waals surface area (Å²) in [5.41, 5.74) is 6.18. The monoisotopic (exact) mass is 571 g/mol. The van der Waals surface area contributed by atoms with Gasteiger partial charge >= 0.3 is 0 Å². The van der Waals surface area contributed by atoms with Gasteiger partial charge in [0.1, 0.15) is 22.3 Å². The molecule has 1 aromatic carbocycles. The summed E-state index contributed by atoms with van der Waals surface area (Å²) in [4.78, 5) is 31.8. The summed E-state index contributed by atoms with van der Waals surface area (Å²) < 4.78 is 32.6. The molecule has 2 aliphatic carbocycles. The van der Waals surface area contributed by atoms with Crippen LogP contribution >= 0.6 is 11.8 Å². The molecule has 11 heteroatoms. The molecule has 8 nitrogen and oxygen atoms in total. The Labute approximate surface area is 238 Å². The SMILES string of the molecule is CC.COc1cnc(C(F)F)cc1-c1cc(N(C)C(=O)C2(C)CC2)ccc1C(=O)NC1NNC(C#CC2CC2)S1. The number of nitrogens with zero attached hydrogens (tertiary/aromatic N) is 2. The third kappa shape index (κ3) is 6.74. The van der Waals surface area contributed by atoms with Crippen molar-refractivity contribution in [3.63, 3.8) is 0 Å². The summed E-state index contributed by atoms with van der Waals surface area (Å²) in [7, 11) is 3.08. The van der Waals surface area contributed by atoms with Crippen molar-refractivity contribution in [2.24, 2.45) is 11.3 Å². The van der Waals surface area contributed by atoms with Crippen LogP contribution in [-0.2, 0) is 4.79 Å². The van der Waals surface area contributed by atoms with Crippen molar-refractivity contribution in [1.29, 1.82) is 0 Å². The zero-order chi connectivity index (χ0) is 29.0. The molecule has 2 atom stereocenters. The number of pyridine rings is 1. The Kier molecular flexibility index (Phi) is 9.33. The summed E-state index contributed by atoms with van der Waals surface area (Å²) in [5.74, 6) is 6.60. The van der Waals surface area contributed by atoms with E-state index >= 15 is 0 Å². The highest BCUT2D eigenvalue weighted by atomic mass is 32.2. The lowest BCUT2D eigenvalue weighted by atomic mass is 9.97. The van der Waals surface area contributed by atoms with Crippen LogP contribution < -0.4 is 25.8 Å². The molecule has 0 bridgehead atoms. The van der Waals surface area contributed by atoms with E-state index in [1.54, 1.807) is 30.1 Å².